The van der Waals surface area contributed by atoms with E-state index < -0.39 is 0 Å². The summed E-state index contributed by atoms with van der Waals surface area (Å²) >= 11 is 5.24. The highest BCUT2D eigenvalue weighted by Gasteiger charge is 2.16. The van der Waals surface area contributed by atoms with Gasteiger partial charge in [-0.25, -0.2) is 0 Å². The van der Waals surface area contributed by atoms with E-state index in [1.165, 1.54) is 21.6 Å². The zero-order chi connectivity index (χ0) is 13.2. The van der Waals surface area contributed by atoms with Crippen LogP contribution in [0.5, 0.6) is 0 Å². The van der Waals surface area contributed by atoms with Crippen LogP contribution in [-0.2, 0) is 24.4 Å². The fourth-order valence-corrected chi connectivity index (χ4v) is 3.87. The maximum Gasteiger partial charge on any atom is 0.0725 e. The summed E-state index contributed by atoms with van der Waals surface area (Å²) in [5, 5.41) is 0. The lowest BCUT2D eigenvalue weighted by Crippen LogP contribution is -2.29. The Morgan fingerprint density at radius 2 is 2.11 bits per heavy atom. The number of halogens is 1. The van der Waals surface area contributed by atoms with E-state index in [1.54, 1.807) is 11.3 Å². The first kappa shape index (κ1) is 13.3. The quantitative estimate of drug-likeness (QED) is 0.664. The maximum atomic E-state index is 5.72. The van der Waals surface area contributed by atoms with Crippen LogP contribution in [-0.4, -0.2) is 0 Å². The van der Waals surface area contributed by atoms with Crippen LogP contribution < -0.4 is 11.3 Å². The van der Waals surface area contributed by atoms with Gasteiger partial charge >= 0.3 is 0 Å². The van der Waals surface area contributed by atoms with Crippen molar-refractivity contribution in [3.05, 3.63) is 55.7 Å². The summed E-state index contributed by atoms with van der Waals surface area (Å²) in [4.78, 5) is 1.31. The summed E-state index contributed by atoms with van der Waals surface area (Å²) in [6, 6.07) is 10.8. The zero-order valence-corrected chi connectivity index (χ0v) is 12.8. The van der Waals surface area contributed by atoms with Gasteiger partial charge in [-0.1, -0.05) is 18.2 Å². The Morgan fingerprint density at radius 3 is 2.84 bits per heavy atom. The molecule has 0 saturated carbocycles. The number of rotatable bonds is 4. The second-order valence-electron chi connectivity index (χ2n) is 4.65. The maximum absolute atomic E-state index is 5.72. The van der Waals surface area contributed by atoms with Crippen LogP contribution in [0, 0.1) is 0 Å². The molecule has 0 amide bonds. The molecule has 1 unspecified atom stereocenters. The summed E-state index contributed by atoms with van der Waals surface area (Å²) in [5.74, 6) is 5.72. The number of nitrogens with two attached hydrogens (primary N) is 1. The molecule has 0 aliphatic carbocycles. The zero-order valence-electron chi connectivity index (χ0n) is 10.4. The van der Waals surface area contributed by atoms with Crippen molar-refractivity contribution in [2.24, 2.45) is 5.84 Å². The van der Waals surface area contributed by atoms with Crippen molar-refractivity contribution in [1.82, 2.24) is 5.43 Å². The van der Waals surface area contributed by atoms with Gasteiger partial charge < -0.3 is 4.74 Å². The first-order chi connectivity index (χ1) is 9.26. The number of fused-ring (bicyclic) bond motifs is 1. The molecule has 1 aromatic carbocycles. The van der Waals surface area contributed by atoms with Crippen LogP contribution in [0.1, 0.15) is 27.6 Å². The average molecular weight is 339 g/mol. The van der Waals surface area contributed by atoms with Crippen molar-refractivity contribution < 1.29 is 4.74 Å². The fraction of sp³-hybridized carbons (Fsp3) is 0.286. The monoisotopic (exact) mass is 338 g/mol. The van der Waals surface area contributed by atoms with E-state index in [0.29, 0.717) is 6.61 Å². The molecule has 2 aromatic rings. The Hall–Kier alpha value is -0.720. The minimum Gasteiger partial charge on any atom is -0.372 e. The predicted octanol–water partition coefficient (Wildman–Crippen LogP) is 3.29. The van der Waals surface area contributed by atoms with Crippen molar-refractivity contribution in [2.75, 3.05) is 0 Å². The molecule has 1 aliphatic heterocycles. The standard InChI is InChI=1S/C14H15BrN2OS/c15-14-4-3-12(19-14)6-13(17-16)9-1-2-10-7-18-8-11(10)5-9/h1-5,13,17H,6-8,16H2. The molecular formula is C14H15BrN2OS. The van der Waals surface area contributed by atoms with E-state index in [2.05, 4.69) is 51.7 Å². The first-order valence-corrected chi connectivity index (χ1v) is 7.77. The molecule has 1 aliphatic rings. The Morgan fingerprint density at radius 1 is 1.26 bits per heavy atom. The van der Waals surface area contributed by atoms with Gasteiger partial charge in [0.2, 0.25) is 0 Å². The Bertz CT molecular complexity index is 585. The first-order valence-electron chi connectivity index (χ1n) is 6.16. The Balaban J connectivity index is 1.82. The number of hydrogen-bond donors (Lipinski definition) is 2. The molecule has 0 fully saturated rings. The predicted molar refractivity (Wildman–Crippen MR) is 80.7 cm³/mol. The van der Waals surface area contributed by atoms with Gasteiger partial charge in [-0.15, -0.1) is 11.3 Å². The lowest BCUT2D eigenvalue weighted by molar-refractivity contribution is 0.134. The molecule has 3 rings (SSSR count). The van der Waals surface area contributed by atoms with Crippen LogP contribution in [0.25, 0.3) is 0 Å². The van der Waals surface area contributed by atoms with Gasteiger partial charge in [0, 0.05) is 11.3 Å². The topological polar surface area (TPSA) is 47.3 Å². The highest BCUT2D eigenvalue weighted by molar-refractivity contribution is 9.11. The number of hydrazine groups is 1. The number of ether oxygens (including phenoxy) is 1. The van der Waals surface area contributed by atoms with E-state index in [4.69, 9.17) is 10.6 Å². The van der Waals surface area contributed by atoms with Crippen LogP contribution in [0.15, 0.2) is 34.1 Å². The third kappa shape index (κ3) is 2.90. The molecule has 19 heavy (non-hydrogen) atoms. The highest BCUT2D eigenvalue weighted by atomic mass is 79.9. The summed E-state index contributed by atoms with van der Waals surface area (Å²) in [5.41, 5.74) is 6.71. The second-order valence-corrected chi connectivity index (χ2v) is 7.20. The normalized spacial score (nSPS) is 15.5. The molecule has 3 nitrogen and oxygen atoms in total. The van der Waals surface area contributed by atoms with Gasteiger partial charge in [0.1, 0.15) is 0 Å². The van der Waals surface area contributed by atoms with Crippen LogP contribution in [0.2, 0.25) is 0 Å². The fourth-order valence-electron chi connectivity index (χ4n) is 2.34. The molecule has 100 valence electrons. The molecule has 3 N–H and O–H groups in total. The summed E-state index contributed by atoms with van der Waals surface area (Å²) < 4.78 is 6.60. The molecule has 0 radical (unpaired) electrons. The molecule has 5 heteroatoms. The van der Waals surface area contributed by atoms with E-state index in [0.717, 1.165) is 16.8 Å². The number of thiophene rings is 1. The van der Waals surface area contributed by atoms with Gasteiger partial charge in [0.25, 0.3) is 0 Å². The van der Waals surface area contributed by atoms with Gasteiger partial charge in [0.15, 0.2) is 0 Å². The van der Waals surface area contributed by atoms with Gasteiger partial charge in [-0.05, 0) is 44.8 Å². The van der Waals surface area contributed by atoms with Crippen molar-refractivity contribution >= 4 is 27.3 Å². The van der Waals surface area contributed by atoms with Gasteiger partial charge in [0.05, 0.1) is 23.0 Å². The van der Waals surface area contributed by atoms with Crippen molar-refractivity contribution in [3.8, 4) is 0 Å². The van der Waals surface area contributed by atoms with E-state index >= 15 is 0 Å². The highest BCUT2D eigenvalue weighted by Crippen LogP contribution is 2.29. The summed E-state index contributed by atoms with van der Waals surface area (Å²) in [7, 11) is 0. The van der Waals surface area contributed by atoms with E-state index in [-0.39, 0.29) is 6.04 Å². The SMILES string of the molecule is NNC(Cc1ccc(Br)s1)c1ccc2c(c1)COC2. The molecule has 2 heterocycles. The van der Waals surface area contributed by atoms with Crippen molar-refractivity contribution in [3.63, 3.8) is 0 Å². The lowest BCUT2D eigenvalue weighted by atomic mass is 9.99. The largest absolute Gasteiger partial charge is 0.372 e. The number of nitrogens with one attached hydrogen (secondary N) is 1. The van der Waals surface area contributed by atoms with E-state index in [1.807, 2.05) is 0 Å². The molecule has 0 saturated heterocycles. The van der Waals surface area contributed by atoms with E-state index in [9.17, 15) is 0 Å². The summed E-state index contributed by atoms with van der Waals surface area (Å²) in [6.45, 7) is 1.44. The third-order valence-electron chi connectivity index (χ3n) is 3.38. The van der Waals surface area contributed by atoms with Crippen LogP contribution in [0.4, 0.5) is 0 Å². The van der Waals surface area contributed by atoms with Crippen molar-refractivity contribution in [2.45, 2.75) is 25.7 Å². The smallest absolute Gasteiger partial charge is 0.0725 e. The molecule has 1 atom stereocenters. The Kier molecular flexibility index (Phi) is 4.00. The molecule has 0 spiro atoms. The minimum atomic E-state index is 0.136. The second kappa shape index (κ2) is 5.73. The van der Waals surface area contributed by atoms with Crippen molar-refractivity contribution in [1.29, 1.82) is 0 Å². The minimum absolute atomic E-state index is 0.136. The van der Waals surface area contributed by atoms with Crippen LogP contribution >= 0.6 is 27.3 Å². The average Bonchev–Trinajstić information content (AvgIpc) is 3.03. The number of benzene rings is 1. The third-order valence-corrected chi connectivity index (χ3v) is 5.03. The molecule has 0 bridgehead atoms. The lowest BCUT2D eigenvalue weighted by Gasteiger charge is -2.16. The molecule has 1 aromatic heterocycles. The number of hydrogen-bond acceptors (Lipinski definition) is 4. The van der Waals surface area contributed by atoms with Gasteiger partial charge in [-0.2, -0.15) is 0 Å². The van der Waals surface area contributed by atoms with Crippen LogP contribution in [0.3, 0.4) is 0 Å². The Labute approximate surface area is 124 Å². The molecular weight excluding hydrogens is 324 g/mol. The van der Waals surface area contributed by atoms with Gasteiger partial charge in [-0.3, -0.25) is 11.3 Å². The summed E-state index contributed by atoms with van der Waals surface area (Å²) in [6.07, 6.45) is 0.895.